The van der Waals surface area contributed by atoms with Crippen molar-refractivity contribution >= 4 is 29.2 Å². The Balaban J connectivity index is 1.65. The largest absolute Gasteiger partial charge is 0.462 e. The predicted octanol–water partition coefficient (Wildman–Crippen LogP) is 1.13. The lowest BCUT2D eigenvalue weighted by Gasteiger charge is -2.28. The number of imide groups is 1. The Hall–Kier alpha value is -2.67. The highest BCUT2D eigenvalue weighted by atomic mass is 16.6. The molecule has 4 rings (SSSR count). The number of ether oxygens (including phenoxy) is 2. The van der Waals surface area contributed by atoms with Crippen molar-refractivity contribution in [3.8, 4) is 0 Å². The minimum Gasteiger partial charge on any atom is -0.462 e. The molecular weight excluding hydrogens is 336 g/mol. The average molecular weight is 356 g/mol. The zero-order valence-electron chi connectivity index (χ0n) is 14.8. The van der Waals surface area contributed by atoms with Crippen molar-refractivity contribution in [1.82, 2.24) is 0 Å². The van der Waals surface area contributed by atoms with Crippen LogP contribution in [0.4, 0.5) is 11.4 Å². The van der Waals surface area contributed by atoms with Crippen LogP contribution in [-0.4, -0.2) is 50.2 Å². The van der Waals surface area contributed by atoms with Gasteiger partial charge in [-0.25, -0.2) is 4.90 Å². The minimum atomic E-state index is -1.05. The van der Waals surface area contributed by atoms with Gasteiger partial charge in [0.15, 0.2) is 0 Å². The third-order valence-corrected chi connectivity index (χ3v) is 5.28. The van der Waals surface area contributed by atoms with E-state index < -0.39 is 29.5 Å². The average Bonchev–Trinajstić information content (AvgIpc) is 3.24. The second-order valence-corrected chi connectivity index (χ2v) is 7.10. The SMILES string of the molecule is CC(=O)OC[C@@]12C=C[C@@H](O1)[C@@H]1C(=O)N(c3ccc(N(C)C)cc3)C(=O)[C@@H]12. The standard InChI is InChI=1S/C19H20N2O5/c1-11(22)25-10-19-9-8-14(26-19)15-16(19)18(24)21(17(15)23)13-6-4-12(5-7-13)20(2)3/h4-9,14-16H,10H2,1-3H3/t14-,15+,16-,19-/m1/s1. The number of benzene rings is 1. The monoisotopic (exact) mass is 356 g/mol. The number of hydrogen-bond acceptors (Lipinski definition) is 6. The highest BCUT2D eigenvalue weighted by Crippen LogP contribution is 2.52. The second-order valence-electron chi connectivity index (χ2n) is 7.10. The number of carbonyl (C=O) groups excluding carboxylic acids is 3. The maximum Gasteiger partial charge on any atom is 0.302 e. The van der Waals surface area contributed by atoms with E-state index in [1.807, 2.05) is 31.1 Å². The molecule has 3 aliphatic rings. The van der Waals surface area contributed by atoms with Gasteiger partial charge in [-0.05, 0) is 30.3 Å². The van der Waals surface area contributed by atoms with Gasteiger partial charge in [-0.1, -0.05) is 6.08 Å². The molecule has 1 aromatic carbocycles. The summed E-state index contributed by atoms with van der Waals surface area (Å²) in [6.45, 7) is 1.24. The van der Waals surface area contributed by atoms with E-state index in [2.05, 4.69) is 0 Å². The summed E-state index contributed by atoms with van der Waals surface area (Å²) in [6, 6.07) is 7.26. The summed E-state index contributed by atoms with van der Waals surface area (Å²) in [5.74, 6) is -2.26. The number of nitrogens with zero attached hydrogens (tertiary/aromatic N) is 2. The Morgan fingerprint density at radius 1 is 1.23 bits per heavy atom. The van der Waals surface area contributed by atoms with E-state index in [1.54, 1.807) is 24.3 Å². The molecule has 4 atom stereocenters. The van der Waals surface area contributed by atoms with E-state index in [9.17, 15) is 14.4 Å². The summed E-state index contributed by atoms with van der Waals surface area (Å²) in [6.07, 6.45) is 3.08. The summed E-state index contributed by atoms with van der Waals surface area (Å²) in [5.41, 5.74) is 0.470. The van der Waals surface area contributed by atoms with Crippen molar-refractivity contribution in [3.05, 3.63) is 36.4 Å². The van der Waals surface area contributed by atoms with Gasteiger partial charge < -0.3 is 14.4 Å². The molecule has 2 amide bonds. The van der Waals surface area contributed by atoms with Crippen molar-refractivity contribution in [2.75, 3.05) is 30.5 Å². The van der Waals surface area contributed by atoms with E-state index in [-0.39, 0.29) is 18.4 Å². The van der Waals surface area contributed by atoms with Crippen LogP contribution in [0.1, 0.15) is 6.92 Å². The van der Waals surface area contributed by atoms with Crippen molar-refractivity contribution in [3.63, 3.8) is 0 Å². The van der Waals surface area contributed by atoms with Crippen LogP contribution < -0.4 is 9.80 Å². The lowest BCUT2D eigenvalue weighted by atomic mass is 9.77. The number of carbonyl (C=O) groups is 3. The molecule has 0 aromatic heterocycles. The van der Waals surface area contributed by atoms with Crippen molar-refractivity contribution in [1.29, 1.82) is 0 Å². The summed E-state index contributed by atoms with van der Waals surface area (Å²) in [4.78, 5) is 40.4. The van der Waals surface area contributed by atoms with Crippen LogP contribution in [0, 0.1) is 11.8 Å². The molecule has 0 N–H and O–H groups in total. The minimum absolute atomic E-state index is 0.0665. The molecule has 3 heterocycles. The third kappa shape index (κ3) is 2.27. The first-order chi connectivity index (χ1) is 12.3. The number of esters is 1. The summed E-state index contributed by atoms with van der Waals surface area (Å²) >= 11 is 0. The molecule has 2 saturated heterocycles. The maximum absolute atomic E-state index is 13.1. The fraction of sp³-hybridized carbons (Fsp3) is 0.421. The molecule has 0 spiro atoms. The molecule has 1 aromatic rings. The molecule has 0 radical (unpaired) electrons. The molecule has 0 aliphatic carbocycles. The second kappa shape index (κ2) is 5.67. The van der Waals surface area contributed by atoms with Gasteiger partial charge >= 0.3 is 5.97 Å². The molecule has 2 fully saturated rings. The van der Waals surface area contributed by atoms with Gasteiger partial charge in [-0.15, -0.1) is 0 Å². The van der Waals surface area contributed by atoms with Gasteiger partial charge in [-0.3, -0.25) is 14.4 Å². The Morgan fingerprint density at radius 2 is 1.92 bits per heavy atom. The number of rotatable bonds is 4. The maximum atomic E-state index is 13.1. The van der Waals surface area contributed by atoms with Crippen LogP contribution in [0.2, 0.25) is 0 Å². The van der Waals surface area contributed by atoms with E-state index in [4.69, 9.17) is 9.47 Å². The van der Waals surface area contributed by atoms with Crippen molar-refractivity contribution in [2.24, 2.45) is 11.8 Å². The lowest BCUT2D eigenvalue weighted by Crippen LogP contribution is -2.44. The molecule has 7 heteroatoms. The fourth-order valence-electron chi connectivity index (χ4n) is 4.04. The molecule has 7 nitrogen and oxygen atoms in total. The Morgan fingerprint density at radius 3 is 2.54 bits per heavy atom. The van der Waals surface area contributed by atoms with Gasteiger partial charge in [0.2, 0.25) is 11.8 Å². The van der Waals surface area contributed by atoms with Crippen LogP contribution in [0.15, 0.2) is 36.4 Å². The molecule has 136 valence electrons. The quantitative estimate of drug-likeness (QED) is 0.457. The Bertz CT molecular complexity index is 816. The van der Waals surface area contributed by atoms with Gasteiger partial charge in [-0.2, -0.15) is 0 Å². The Labute approximate surface area is 151 Å². The van der Waals surface area contributed by atoms with E-state index in [0.717, 1.165) is 5.69 Å². The molecule has 2 bridgehead atoms. The zero-order chi connectivity index (χ0) is 18.6. The van der Waals surface area contributed by atoms with Crippen LogP contribution >= 0.6 is 0 Å². The normalized spacial score (nSPS) is 31.5. The number of fused-ring (bicyclic) bond motifs is 5. The molecule has 0 unspecified atom stereocenters. The fourth-order valence-corrected chi connectivity index (χ4v) is 4.04. The first-order valence-corrected chi connectivity index (χ1v) is 8.50. The number of hydrogen-bond donors (Lipinski definition) is 0. The van der Waals surface area contributed by atoms with Crippen molar-refractivity contribution < 1.29 is 23.9 Å². The van der Waals surface area contributed by atoms with Gasteiger partial charge in [0.25, 0.3) is 0 Å². The van der Waals surface area contributed by atoms with E-state index in [1.165, 1.54) is 11.8 Å². The van der Waals surface area contributed by atoms with Crippen LogP contribution in [0.5, 0.6) is 0 Å². The topological polar surface area (TPSA) is 76.2 Å². The number of amides is 2. The molecular formula is C19H20N2O5. The molecule has 26 heavy (non-hydrogen) atoms. The summed E-state index contributed by atoms with van der Waals surface area (Å²) < 4.78 is 11.0. The number of anilines is 2. The predicted molar refractivity (Wildman–Crippen MR) is 93.6 cm³/mol. The van der Waals surface area contributed by atoms with Gasteiger partial charge in [0.1, 0.15) is 12.2 Å². The Kier molecular flexibility index (Phi) is 3.66. The third-order valence-electron chi connectivity index (χ3n) is 5.28. The molecule has 3 aliphatic heterocycles. The highest BCUT2D eigenvalue weighted by Gasteiger charge is 2.68. The van der Waals surface area contributed by atoms with E-state index in [0.29, 0.717) is 5.69 Å². The first kappa shape index (κ1) is 16.8. The van der Waals surface area contributed by atoms with Gasteiger partial charge in [0.05, 0.1) is 23.6 Å². The lowest BCUT2D eigenvalue weighted by molar-refractivity contribution is -0.150. The summed E-state index contributed by atoms with van der Waals surface area (Å²) in [7, 11) is 3.84. The first-order valence-electron chi connectivity index (χ1n) is 8.50. The highest BCUT2D eigenvalue weighted by molar-refractivity contribution is 6.23. The van der Waals surface area contributed by atoms with Crippen LogP contribution in [0.25, 0.3) is 0 Å². The van der Waals surface area contributed by atoms with E-state index >= 15 is 0 Å². The summed E-state index contributed by atoms with van der Waals surface area (Å²) in [5, 5.41) is 0. The molecule has 0 saturated carbocycles. The van der Waals surface area contributed by atoms with Gasteiger partial charge in [0, 0.05) is 26.7 Å². The van der Waals surface area contributed by atoms with Crippen molar-refractivity contribution in [2.45, 2.75) is 18.6 Å². The smallest absolute Gasteiger partial charge is 0.302 e. The van der Waals surface area contributed by atoms with Crippen LogP contribution in [0.3, 0.4) is 0 Å². The van der Waals surface area contributed by atoms with Crippen LogP contribution in [-0.2, 0) is 23.9 Å². The zero-order valence-corrected chi connectivity index (χ0v) is 14.8.